The normalized spacial score (nSPS) is 10.7. The minimum Gasteiger partial charge on any atom is -0.340 e. The van der Waals surface area contributed by atoms with Gasteiger partial charge in [-0.05, 0) is 64.5 Å². The quantitative estimate of drug-likeness (QED) is 0.332. The Kier molecular flexibility index (Phi) is 6.22. The van der Waals surface area contributed by atoms with Gasteiger partial charge in [0.2, 0.25) is 0 Å². The molecule has 0 atom stereocenters. The van der Waals surface area contributed by atoms with Crippen molar-refractivity contribution >= 4 is 56.0 Å². The predicted octanol–water partition coefficient (Wildman–Crippen LogP) is 5.52. The third kappa shape index (κ3) is 4.93. The van der Waals surface area contributed by atoms with Gasteiger partial charge in [0.25, 0.3) is 5.91 Å². The summed E-state index contributed by atoms with van der Waals surface area (Å²) in [4.78, 5) is 32.5. The maximum atomic E-state index is 13.8. The molecule has 0 saturated carbocycles. The number of halogens is 4. The maximum absolute atomic E-state index is 13.8. The smallest absolute Gasteiger partial charge is 0.326 e. The van der Waals surface area contributed by atoms with Crippen LogP contribution in [0.25, 0.3) is 10.9 Å². The van der Waals surface area contributed by atoms with Crippen molar-refractivity contribution in [1.29, 1.82) is 0 Å². The highest BCUT2D eigenvalue weighted by atomic mass is 79.9. The first-order valence-electron chi connectivity index (χ1n) is 9.35. The van der Waals surface area contributed by atoms with Gasteiger partial charge in [0.15, 0.2) is 0 Å². The van der Waals surface area contributed by atoms with Crippen LogP contribution in [0.3, 0.4) is 0 Å². The number of hydrogen-bond donors (Lipinski definition) is 3. The second kappa shape index (κ2) is 9.25. The average Bonchev–Trinajstić information content (AvgIpc) is 2.76. The monoisotopic (exact) mass is 515 g/mol. The Labute approximate surface area is 193 Å². The third-order valence-corrected chi connectivity index (χ3v) is 5.14. The Hall–Kier alpha value is -3.99. The molecule has 3 N–H and O–H groups in total. The van der Waals surface area contributed by atoms with E-state index in [1.54, 1.807) is 18.2 Å². The highest BCUT2D eigenvalue weighted by Gasteiger charge is 2.19. The number of carbonyl (C=O) groups is 2. The number of urea groups is 1. The van der Waals surface area contributed by atoms with Crippen molar-refractivity contribution in [3.8, 4) is 0 Å². The van der Waals surface area contributed by atoms with Crippen LogP contribution in [0.15, 0.2) is 65.4 Å². The molecule has 1 aromatic heterocycles. The van der Waals surface area contributed by atoms with E-state index in [0.717, 1.165) is 18.2 Å². The number of carbonyl (C=O) groups excluding carboxylic acids is 2. The number of fused-ring (bicyclic) bond motifs is 1. The van der Waals surface area contributed by atoms with Crippen LogP contribution in [0.1, 0.15) is 10.4 Å². The van der Waals surface area contributed by atoms with Crippen LogP contribution in [0.5, 0.6) is 0 Å². The standard InChI is InChI=1S/C22H13BrF3N5O2/c23-14-7-5-11(8-17(14)26)29-20-13-6-4-12(9-18(13)27-10-28-20)30-22(33)31-21(32)19-15(24)2-1-3-16(19)25/h1-10H,(H,27,28,29)(H2,30,31,32,33). The summed E-state index contributed by atoms with van der Waals surface area (Å²) in [5.74, 6) is -3.44. The molecule has 3 aromatic carbocycles. The number of imide groups is 1. The number of nitrogens with zero attached hydrogens (tertiary/aromatic N) is 2. The lowest BCUT2D eigenvalue weighted by Gasteiger charge is -2.11. The molecule has 0 aliphatic rings. The zero-order valence-electron chi connectivity index (χ0n) is 16.5. The van der Waals surface area contributed by atoms with E-state index in [-0.39, 0.29) is 5.69 Å². The number of hydrogen-bond acceptors (Lipinski definition) is 5. The van der Waals surface area contributed by atoms with Crippen LogP contribution in [-0.4, -0.2) is 21.9 Å². The first-order chi connectivity index (χ1) is 15.8. The molecule has 166 valence electrons. The summed E-state index contributed by atoms with van der Waals surface area (Å²) in [5, 5.41) is 7.86. The van der Waals surface area contributed by atoms with Crippen molar-refractivity contribution < 1.29 is 22.8 Å². The highest BCUT2D eigenvalue weighted by Crippen LogP contribution is 2.27. The third-order valence-electron chi connectivity index (χ3n) is 4.49. The van der Waals surface area contributed by atoms with Crippen molar-refractivity contribution in [3.63, 3.8) is 0 Å². The molecule has 0 bridgehead atoms. The molecule has 0 radical (unpaired) electrons. The fourth-order valence-corrected chi connectivity index (χ4v) is 3.23. The molecular weight excluding hydrogens is 503 g/mol. The largest absolute Gasteiger partial charge is 0.340 e. The van der Waals surface area contributed by atoms with E-state index in [0.29, 0.717) is 26.9 Å². The summed E-state index contributed by atoms with van der Waals surface area (Å²) >= 11 is 3.09. The van der Waals surface area contributed by atoms with Crippen molar-refractivity contribution in [2.24, 2.45) is 0 Å². The van der Waals surface area contributed by atoms with Gasteiger partial charge in [0, 0.05) is 16.8 Å². The predicted molar refractivity (Wildman–Crippen MR) is 120 cm³/mol. The second-order valence-corrected chi connectivity index (χ2v) is 7.57. The van der Waals surface area contributed by atoms with Crippen LogP contribution in [-0.2, 0) is 0 Å². The lowest BCUT2D eigenvalue weighted by Crippen LogP contribution is -2.35. The summed E-state index contributed by atoms with van der Waals surface area (Å²) < 4.78 is 41.5. The van der Waals surface area contributed by atoms with Gasteiger partial charge in [-0.15, -0.1) is 0 Å². The van der Waals surface area contributed by atoms with E-state index >= 15 is 0 Å². The Bertz CT molecular complexity index is 1380. The lowest BCUT2D eigenvalue weighted by atomic mass is 10.2. The average molecular weight is 516 g/mol. The number of anilines is 3. The van der Waals surface area contributed by atoms with Crippen LogP contribution < -0.4 is 16.0 Å². The minimum absolute atomic E-state index is 0.265. The first kappa shape index (κ1) is 22.2. The Morgan fingerprint density at radius 1 is 0.848 bits per heavy atom. The summed E-state index contributed by atoms with van der Waals surface area (Å²) in [6.45, 7) is 0. The Morgan fingerprint density at radius 2 is 1.58 bits per heavy atom. The molecule has 33 heavy (non-hydrogen) atoms. The topological polar surface area (TPSA) is 96.0 Å². The van der Waals surface area contributed by atoms with Gasteiger partial charge >= 0.3 is 6.03 Å². The number of rotatable bonds is 4. The SMILES string of the molecule is O=C(NC(=O)c1c(F)cccc1F)Nc1ccc2c(Nc3ccc(Br)c(F)c3)ncnc2c1. The zero-order valence-corrected chi connectivity index (χ0v) is 18.1. The molecule has 0 saturated heterocycles. The Balaban J connectivity index is 1.51. The fraction of sp³-hybridized carbons (Fsp3) is 0. The molecule has 0 aliphatic heterocycles. The first-order valence-corrected chi connectivity index (χ1v) is 10.1. The summed E-state index contributed by atoms with van der Waals surface area (Å²) in [6, 6.07) is 11.1. The van der Waals surface area contributed by atoms with E-state index in [1.165, 1.54) is 24.5 Å². The lowest BCUT2D eigenvalue weighted by molar-refractivity contribution is 0.0959. The van der Waals surface area contributed by atoms with E-state index in [2.05, 4.69) is 36.5 Å². The van der Waals surface area contributed by atoms with Gasteiger partial charge < -0.3 is 10.6 Å². The molecular formula is C22H13BrF3N5O2. The molecule has 7 nitrogen and oxygen atoms in total. The Morgan fingerprint density at radius 3 is 2.30 bits per heavy atom. The van der Waals surface area contributed by atoms with Crippen molar-refractivity contribution in [1.82, 2.24) is 15.3 Å². The summed E-state index contributed by atoms with van der Waals surface area (Å²) in [6.07, 6.45) is 1.29. The molecule has 0 fully saturated rings. The van der Waals surface area contributed by atoms with Crippen molar-refractivity contribution in [2.45, 2.75) is 0 Å². The van der Waals surface area contributed by atoms with Crippen LogP contribution in [0, 0.1) is 17.5 Å². The van der Waals surface area contributed by atoms with Gasteiger partial charge in [0.1, 0.15) is 35.2 Å². The van der Waals surface area contributed by atoms with E-state index in [4.69, 9.17) is 0 Å². The molecule has 0 spiro atoms. The van der Waals surface area contributed by atoms with Gasteiger partial charge in [-0.25, -0.2) is 27.9 Å². The minimum atomic E-state index is -1.22. The number of benzene rings is 3. The zero-order chi connectivity index (χ0) is 23.5. The number of amides is 3. The van der Waals surface area contributed by atoms with E-state index in [9.17, 15) is 22.8 Å². The number of nitrogens with one attached hydrogen (secondary N) is 3. The van der Waals surface area contributed by atoms with Gasteiger partial charge in [0.05, 0.1) is 9.99 Å². The van der Waals surface area contributed by atoms with Gasteiger partial charge in [-0.2, -0.15) is 0 Å². The van der Waals surface area contributed by atoms with E-state index < -0.39 is 35.0 Å². The van der Waals surface area contributed by atoms with Gasteiger partial charge in [-0.1, -0.05) is 6.07 Å². The molecule has 11 heteroatoms. The maximum Gasteiger partial charge on any atom is 0.326 e. The highest BCUT2D eigenvalue weighted by molar-refractivity contribution is 9.10. The van der Waals surface area contributed by atoms with Crippen LogP contribution >= 0.6 is 15.9 Å². The van der Waals surface area contributed by atoms with Gasteiger partial charge in [-0.3, -0.25) is 10.1 Å². The molecule has 1 heterocycles. The van der Waals surface area contributed by atoms with Crippen molar-refractivity contribution in [2.75, 3.05) is 10.6 Å². The number of aromatic nitrogens is 2. The molecule has 3 amide bonds. The van der Waals surface area contributed by atoms with E-state index in [1.807, 2.05) is 5.32 Å². The van der Waals surface area contributed by atoms with Crippen LogP contribution in [0.2, 0.25) is 0 Å². The second-order valence-electron chi connectivity index (χ2n) is 6.71. The molecule has 4 rings (SSSR count). The fourth-order valence-electron chi connectivity index (χ4n) is 2.99. The van der Waals surface area contributed by atoms with Crippen molar-refractivity contribution in [3.05, 3.63) is 88.4 Å². The summed E-state index contributed by atoms with van der Waals surface area (Å²) in [7, 11) is 0. The van der Waals surface area contributed by atoms with Crippen LogP contribution in [0.4, 0.5) is 35.2 Å². The molecule has 4 aromatic rings. The molecule has 0 unspecified atom stereocenters. The molecule has 0 aliphatic carbocycles. The summed E-state index contributed by atoms with van der Waals surface area (Å²) in [5.41, 5.74) is 0.311.